The molecule has 1 atom stereocenters. The molecule has 1 aromatic carbocycles. The smallest absolute Gasteiger partial charge is 0.240 e. The quantitative estimate of drug-likeness (QED) is 0.684. The number of rotatable bonds is 8. The van der Waals surface area contributed by atoms with Gasteiger partial charge in [-0.2, -0.15) is 0 Å². The Morgan fingerprint density at radius 2 is 1.81 bits per heavy atom. The van der Waals surface area contributed by atoms with Crippen molar-refractivity contribution in [2.75, 3.05) is 39.3 Å². The standard InChI is InChI=1S/C18H30N4O3S/c1-15-3-6-17(7-4-15)26(24,25)20-9-10-21-11-13-22(14-12-21)18(23)8-5-16(2)19/h3-4,6-7,16,20H,5,8-14,19H2,1-2H3. The van der Waals surface area contributed by atoms with Crippen LogP contribution in [0.3, 0.4) is 0 Å². The van der Waals surface area contributed by atoms with Crippen LogP contribution >= 0.6 is 0 Å². The Balaban J connectivity index is 1.71. The number of aryl methyl sites for hydroxylation is 1. The summed E-state index contributed by atoms with van der Waals surface area (Å²) in [5.41, 5.74) is 6.72. The Morgan fingerprint density at radius 3 is 2.38 bits per heavy atom. The summed E-state index contributed by atoms with van der Waals surface area (Å²) in [6.07, 6.45) is 1.20. The summed E-state index contributed by atoms with van der Waals surface area (Å²) in [5, 5.41) is 0. The fourth-order valence-electron chi connectivity index (χ4n) is 2.87. The summed E-state index contributed by atoms with van der Waals surface area (Å²) in [7, 11) is -3.47. The van der Waals surface area contributed by atoms with E-state index in [1.807, 2.05) is 18.7 Å². The van der Waals surface area contributed by atoms with Gasteiger partial charge in [0.25, 0.3) is 0 Å². The highest BCUT2D eigenvalue weighted by atomic mass is 32.2. The first kappa shape index (κ1) is 20.8. The molecule has 26 heavy (non-hydrogen) atoms. The lowest BCUT2D eigenvalue weighted by molar-refractivity contribution is -0.133. The lowest BCUT2D eigenvalue weighted by atomic mass is 10.1. The molecule has 1 unspecified atom stereocenters. The van der Waals surface area contributed by atoms with Crippen molar-refractivity contribution in [2.24, 2.45) is 5.73 Å². The molecule has 1 aliphatic heterocycles. The van der Waals surface area contributed by atoms with Crippen LogP contribution in [0.2, 0.25) is 0 Å². The van der Waals surface area contributed by atoms with Gasteiger partial charge in [0.2, 0.25) is 15.9 Å². The molecule has 0 saturated carbocycles. The van der Waals surface area contributed by atoms with Crippen LogP contribution in [0.5, 0.6) is 0 Å². The molecular formula is C18H30N4O3S. The van der Waals surface area contributed by atoms with Gasteiger partial charge in [0.15, 0.2) is 0 Å². The predicted molar refractivity (Wildman–Crippen MR) is 102 cm³/mol. The van der Waals surface area contributed by atoms with Crippen molar-refractivity contribution in [1.82, 2.24) is 14.5 Å². The monoisotopic (exact) mass is 382 g/mol. The van der Waals surface area contributed by atoms with Gasteiger partial charge >= 0.3 is 0 Å². The van der Waals surface area contributed by atoms with Crippen molar-refractivity contribution in [3.05, 3.63) is 29.8 Å². The van der Waals surface area contributed by atoms with E-state index in [1.165, 1.54) is 0 Å². The zero-order valence-corrected chi connectivity index (χ0v) is 16.5. The molecule has 1 saturated heterocycles. The van der Waals surface area contributed by atoms with E-state index >= 15 is 0 Å². The van der Waals surface area contributed by atoms with Crippen LogP contribution < -0.4 is 10.5 Å². The van der Waals surface area contributed by atoms with Crippen LogP contribution in [0.25, 0.3) is 0 Å². The molecule has 1 amide bonds. The summed E-state index contributed by atoms with van der Waals surface area (Å²) in [5.74, 6) is 0.155. The SMILES string of the molecule is Cc1ccc(S(=O)(=O)NCCN2CCN(C(=O)CCC(C)N)CC2)cc1. The van der Waals surface area contributed by atoms with E-state index in [9.17, 15) is 13.2 Å². The molecule has 0 aromatic heterocycles. The maximum Gasteiger partial charge on any atom is 0.240 e. The van der Waals surface area contributed by atoms with Crippen LogP contribution in [0.15, 0.2) is 29.2 Å². The minimum Gasteiger partial charge on any atom is -0.340 e. The van der Waals surface area contributed by atoms with Gasteiger partial charge in [0.1, 0.15) is 0 Å². The average Bonchev–Trinajstić information content (AvgIpc) is 2.60. The Labute approximate surface area is 156 Å². The number of sulfonamides is 1. The van der Waals surface area contributed by atoms with Crippen LogP contribution in [0.4, 0.5) is 0 Å². The first-order valence-electron chi connectivity index (χ1n) is 9.10. The Bertz CT molecular complexity index is 681. The number of nitrogens with one attached hydrogen (secondary N) is 1. The molecular weight excluding hydrogens is 352 g/mol. The van der Waals surface area contributed by atoms with Crippen molar-refractivity contribution in [3.8, 4) is 0 Å². The van der Waals surface area contributed by atoms with E-state index in [2.05, 4.69) is 9.62 Å². The number of benzene rings is 1. The third-order valence-corrected chi connectivity index (χ3v) is 6.07. The predicted octanol–water partition coefficient (Wildman–Crippen LogP) is 0.545. The van der Waals surface area contributed by atoms with E-state index in [0.29, 0.717) is 39.0 Å². The molecule has 0 bridgehead atoms. The van der Waals surface area contributed by atoms with Crippen molar-refractivity contribution in [1.29, 1.82) is 0 Å². The molecule has 7 nitrogen and oxygen atoms in total. The second-order valence-corrected chi connectivity index (χ2v) is 8.72. The van der Waals surface area contributed by atoms with Crippen LogP contribution in [0, 0.1) is 6.92 Å². The van der Waals surface area contributed by atoms with E-state index in [4.69, 9.17) is 5.73 Å². The highest BCUT2D eigenvalue weighted by Crippen LogP contribution is 2.10. The third kappa shape index (κ3) is 6.35. The minimum atomic E-state index is -3.47. The topological polar surface area (TPSA) is 95.7 Å². The van der Waals surface area contributed by atoms with Crippen molar-refractivity contribution in [3.63, 3.8) is 0 Å². The normalized spacial score (nSPS) is 17.3. The van der Waals surface area contributed by atoms with E-state index < -0.39 is 10.0 Å². The van der Waals surface area contributed by atoms with Gasteiger partial charge in [0.05, 0.1) is 4.90 Å². The molecule has 3 N–H and O–H groups in total. The van der Waals surface area contributed by atoms with Gasteiger partial charge in [-0.3, -0.25) is 9.69 Å². The van der Waals surface area contributed by atoms with Crippen molar-refractivity contribution in [2.45, 2.75) is 37.6 Å². The van der Waals surface area contributed by atoms with Gasteiger partial charge in [0, 0.05) is 51.7 Å². The molecule has 1 aromatic rings. The molecule has 1 heterocycles. The second kappa shape index (κ2) is 9.45. The maximum absolute atomic E-state index is 12.3. The first-order chi connectivity index (χ1) is 12.3. The minimum absolute atomic E-state index is 0.0433. The number of amides is 1. The summed E-state index contributed by atoms with van der Waals surface area (Å²) >= 11 is 0. The number of carbonyl (C=O) groups is 1. The average molecular weight is 383 g/mol. The van der Waals surface area contributed by atoms with Gasteiger partial charge < -0.3 is 10.6 Å². The van der Waals surface area contributed by atoms with Gasteiger partial charge in [-0.1, -0.05) is 17.7 Å². The van der Waals surface area contributed by atoms with Crippen LogP contribution in [-0.4, -0.2) is 69.4 Å². The lowest BCUT2D eigenvalue weighted by Crippen LogP contribution is -2.50. The molecule has 146 valence electrons. The second-order valence-electron chi connectivity index (χ2n) is 6.95. The number of hydrogen-bond donors (Lipinski definition) is 2. The Hall–Kier alpha value is -1.48. The zero-order chi connectivity index (χ0) is 19.2. The van der Waals surface area contributed by atoms with Crippen LogP contribution in [0.1, 0.15) is 25.3 Å². The lowest BCUT2D eigenvalue weighted by Gasteiger charge is -2.34. The number of hydrogen-bond acceptors (Lipinski definition) is 5. The molecule has 8 heteroatoms. The van der Waals surface area contributed by atoms with E-state index in [0.717, 1.165) is 18.7 Å². The first-order valence-corrected chi connectivity index (χ1v) is 10.6. The van der Waals surface area contributed by atoms with Crippen LogP contribution in [-0.2, 0) is 14.8 Å². The molecule has 2 rings (SSSR count). The summed E-state index contributed by atoms with van der Waals surface area (Å²) in [4.78, 5) is 16.4. The van der Waals surface area contributed by atoms with Gasteiger partial charge in [-0.05, 0) is 32.4 Å². The Kier molecular flexibility index (Phi) is 7.57. The highest BCUT2D eigenvalue weighted by molar-refractivity contribution is 7.89. The molecule has 1 fully saturated rings. The Morgan fingerprint density at radius 1 is 1.19 bits per heavy atom. The van der Waals surface area contributed by atoms with Gasteiger partial charge in [-0.15, -0.1) is 0 Å². The zero-order valence-electron chi connectivity index (χ0n) is 15.6. The maximum atomic E-state index is 12.3. The molecule has 0 spiro atoms. The fraction of sp³-hybridized carbons (Fsp3) is 0.611. The number of nitrogens with two attached hydrogens (primary N) is 1. The highest BCUT2D eigenvalue weighted by Gasteiger charge is 2.21. The molecule has 0 radical (unpaired) electrons. The molecule has 1 aliphatic rings. The third-order valence-electron chi connectivity index (χ3n) is 4.59. The number of carbonyl (C=O) groups excluding carboxylic acids is 1. The van der Waals surface area contributed by atoms with Crippen molar-refractivity contribution < 1.29 is 13.2 Å². The fourth-order valence-corrected chi connectivity index (χ4v) is 3.89. The van der Waals surface area contributed by atoms with Gasteiger partial charge in [-0.25, -0.2) is 13.1 Å². The number of piperazine rings is 1. The summed E-state index contributed by atoms with van der Waals surface area (Å²) < 4.78 is 27.2. The van der Waals surface area contributed by atoms with E-state index in [1.54, 1.807) is 24.3 Å². The summed E-state index contributed by atoms with van der Waals surface area (Å²) in [6.45, 7) is 7.70. The molecule has 0 aliphatic carbocycles. The number of nitrogens with zero attached hydrogens (tertiary/aromatic N) is 2. The van der Waals surface area contributed by atoms with Crippen molar-refractivity contribution >= 4 is 15.9 Å². The summed E-state index contributed by atoms with van der Waals surface area (Å²) in [6, 6.07) is 6.85. The largest absolute Gasteiger partial charge is 0.340 e. The van der Waals surface area contributed by atoms with E-state index in [-0.39, 0.29) is 16.8 Å².